The number of halogens is 1. The molecule has 1 heterocycles. The number of amides is 2. The van der Waals surface area contributed by atoms with Gasteiger partial charge in [0.15, 0.2) is 0 Å². The Bertz CT molecular complexity index is 751. The average Bonchev–Trinajstić information content (AvgIpc) is 2.71. The van der Waals surface area contributed by atoms with Crippen LogP contribution in [0.1, 0.15) is 46.5 Å². The monoisotopic (exact) mass is 433 g/mol. The number of para-hydroxylation sites is 1. The van der Waals surface area contributed by atoms with Gasteiger partial charge in [0.25, 0.3) is 0 Å². The summed E-state index contributed by atoms with van der Waals surface area (Å²) in [7, 11) is 0. The van der Waals surface area contributed by atoms with Crippen LogP contribution in [0.3, 0.4) is 0 Å². The van der Waals surface area contributed by atoms with Gasteiger partial charge in [-0.15, -0.1) is 0 Å². The van der Waals surface area contributed by atoms with Gasteiger partial charge in [0, 0.05) is 24.8 Å². The Labute approximate surface area is 183 Å². The third kappa shape index (κ3) is 8.41. The summed E-state index contributed by atoms with van der Waals surface area (Å²) >= 11 is 5.68. The molecule has 0 bridgehead atoms. The minimum Gasteiger partial charge on any atom is -0.354 e. The third-order valence-corrected chi connectivity index (χ3v) is 4.91. The summed E-state index contributed by atoms with van der Waals surface area (Å²) in [5, 5.41) is 12.0. The molecule has 0 radical (unpaired) electrons. The zero-order valence-corrected chi connectivity index (χ0v) is 18.7. The number of benzene rings is 1. The van der Waals surface area contributed by atoms with Gasteiger partial charge in [-0.05, 0) is 56.3 Å². The summed E-state index contributed by atoms with van der Waals surface area (Å²) in [6, 6.07) is 9.79. The predicted molar refractivity (Wildman–Crippen MR) is 123 cm³/mol. The van der Waals surface area contributed by atoms with E-state index in [4.69, 9.17) is 11.6 Å². The van der Waals surface area contributed by atoms with Crippen molar-refractivity contribution in [1.82, 2.24) is 20.3 Å². The molecule has 1 saturated carbocycles. The molecule has 8 nitrogen and oxygen atoms in total. The van der Waals surface area contributed by atoms with Gasteiger partial charge in [0.1, 0.15) is 0 Å². The van der Waals surface area contributed by atoms with E-state index in [-0.39, 0.29) is 11.3 Å². The molecule has 1 aromatic heterocycles. The number of hydrogen-bond donors (Lipinski definition) is 4. The molecule has 9 heteroatoms. The summed E-state index contributed by atoms with van der Waals surface area (Å²) in [5.74, 6) is 1.59. The van der Waals surface area contributed by atoms with E-state index in [0.29, 0.717) is 23.9 Å². The standard InChI is InChI=1S/C14H20N2O.C7H12ClN5/c1-11-7-5-6-10-13(11)16-14(17)15-12-8-3-2-4-9-12;1-3-9-6-11-5(8)12-7(13-6)10-4-2/h2-4,8-9,11,13H,5-7,10H2,1H3,(H2,15,16,17);3-4H2,1-2H3,(H2,9,10,11,12,13). The molecule has 2 aromatic rings. The minimum absolute atomic E-state index is 0.0880. The lowest BCUT2D eigenvalue weighted by Crippen LogP contribution is -2.43. The van der Waals surface area contributed by atoms with Crippen molar-refractivity contribution >= 4 is 35.2 Å². The first-order chi connectivity index (χ1) is 14.5. The molecule has 0 aliphatic heterocycles. The third-order valence-electron chi connectivity index (χ3n) is 4.74. The fourth-order valence-corrected chi connectivity index (χ4v) is 3.37. The molecule has 2 atom stereocenters. The van der Waals surface area contributed by atoms with E-state index in [1.165, 1.54) is 19.3 Å². The van der Waals surface area contributed by atoms with Gasteiger partial charge in [0.05, 0.1) is 0 Å². The van der Waals surface area contributed by atoms with E-state index in [2.05, 4.69) is 43.1 Å². The molecule has 3 rings (SSSR count). The zero-order chi connectivity index (χ0) is 21.8. The quantitative estimate of drug-likeness (QED) is 0.522. The van der Waals surface area contributed by atoms with Gasteiger partial charge in [-0.25, -0.2) is 4.79 Å². The van der Waals surface area contributed by atoms with Gasteiger partial charge < -0.3 is 21.3 Å². The Morgan fingerprint density at radius 2 is 1.60 bits per heavy atom. The second kappa shape index (κ2) is 12.8. The molecule has 1 aliphatic rings. The molecular weight excluding hydrogens is 402 g/mol. The molecule has 30 heavy (non-hydrogen) atoms. The van der Waals surface area contributed by atoms with Crippen LogP contribution in [0, 0.1) is 5.92 Å². The Balaban J connectivity index is 0.000000222. The summed E-state index contributed by atoms with van der Waals surface area (Å²) < 4.78 is 0. The van der Waals surface area contributed by atoms with E-state index in [1.807, 2.05) is 44.2 Å². The molecule has 2 unspecified atom stereocenters. The summed E-state index contributed by atoms with van der Waals surface area (Å²) in [5.41, 5.74) is 0.841. The fourth-order valence-electron chi connectivity index (χ4n) is 3.21. The largest absolute Gasteiger partial charge is 0.354 e. The van der Waals surface area contributed by atoms with Crippen molar-refractivity contribution in [3.05, 3.63) is 35.6 Å². The number of aromatic nitrogens is 3. The normalized spacial score (nSPS) is 17.9. The van der Waals surface area contributed by atoms with E-state index < -0.39 is 0 Å². The summed E-state index contributed by atoms with van der Waals surface area (Å²) in [6.07, 6.45) is 4.83. The number of anilines is 3. The van der Waals surface area contributed by atoms with Crippen molar-refractivity contribution in [2.24, 2.45) is 5.92 Å². The molecule has 164 valence electrons. The Morgan fingerprint density at radius 3 is 2.17 bits per heavy atom. The highest BCUT2D eigenvalue weighted by Gasteiger charge is 2.22. The number of hydrogen-bond acceptors (Lipinski definition) is 6. The maximum atomic E-state index is 11.8. The Kier molecular flexibility index (Phi) is 10.1. The smallest absolute Gasteiger partial charge is 0.319 e. The highest BCUT2D eigenvalue weighted by Crippen LogP contribution is 2.23. The molecule has 1 aromatic carbocycles. The van der Waals surface area contributed by atoms with Crippen molar-refractivity contribution in [3.63, 3.8) is 0 Å². The van der Waals surface area contributed by atoms with Crippen molar-refractivity contribution in [3.8, 4) is 0 Å². The number of carbonyl (C=O) groups excluding carboxylic acids is 1. The predicted octanol–water partition coefficient (Wildman–Crippen LogP) is 4.78. The van der Waals surface area contributed by atoms with Crippen LogP contribution in [0.15, 0.2) is 30.3 Å². The van der Waals surface area contributed by atoms with Gasteiger partial charge in [-0.2, -0.15) is 15.0 Å². The molecule has 2 amide bonds. The molecule has 0 spiro atoms. The first-order valence-electron chi connectivity index (χ1n) is 10.5. The van der Waals surface area contributed by atoms with Crippen LogP contribution < -0.4 is 21.3 Å². The van der Waals surface area contributed by atoms with Crippen molar-refractivity contribution in [2.75, 3.05) is 29.0 Å². The fraction of sp³-hybridized carbons (Fsp3) is 0.524. The SMILES string of the molecule is CC1CCCCC1NC(=O)Nc1ccccc1.CCNc1nc(Cl)nc(NCC)n1. The topological polar surface area (TPSA) is 104 Å². The average molecular weight is 434 g/mol. The highest BCUT2D eigenvalue weighted by molar-refractivity contribution is 6.28. The van der Waals surface area contributed by atoms with Gasteiger partial charge in [0.2, 0.25) is 17.2 Å². The number of nitrogens with one attached hydrogen (secondary N) is 4. The number of carbonyl (C=O) groups is 1. The van der Waals surface area contributed by atoms with Crippen LogP contribution in [0.2, 0.25) is 5.28 Å². The van der Waals surface area contributed by atoms with Gasteiger partial charge >= 0.3 is 6.03 Å². The lowest BCUT2D eigenvalue weighted by Gasteiger charge is -2.29. The van der Waals surface area contributed by atoms with E-state index in [0.717, 1.165) is 25.2 Å². The summed E-state index contributed by atoms with van der Waals surface area (Å²) in [4.78, 5) is 23.7. The minimum atomic E-state index is -0.0880. The first kappa shape index (κ1) is 23.7. The van der Waals surface area contributed by atoms with Gasteiger partial charge in [-0.3, -0.25) is 0 Å². The second-order valence-corrected chi connectivity index (χ2v) is 7.48. The molecule has 0 saturated heterocycles. The van der Waals surface area contributed by atoms with E-state index in [1.54, 1.807) is 0 Å². The van der Waals surface area contributed by atoms with E-state index in [9.17, 15) is 4.79 Å². The van der Waals surface area contributed by atoms with Gasteiger partial charge in [-0.1, -0.05) is 38.0 Å². The number of rotatable bonds is 6. The highest BCUT2D eigenvalue weighted by atomic mass is 35.5. The Hall–Kier alpha value is -2.61. The molecule has 1 fully saturated rings. The first-order valence-corrected chi connectivity index (χ1v) is 10.9. The van der Waals surface area contributed by atoms with Crippen molar-refractivity contribution in [1.29, 1.82) is 0 Å². The van der Waals surface area contributed by atoms with Crippen molar-refractivity contribution in [2.45, 2.75) is 52.5 Å². The van der Waals surface area contributed by atoms with Crippen LogP contribution in [-0.4, -0.2) is 40.1 Å². The number of urea groups is 1. The molecular formula is C21H32ClN7O. The molecule has 1 aliphatic carbocycles. The lowest BCUT2D eigenvalue weighted by molar-refractivity contribution is 0.232. The van der Waals surface area contributed by atoms with Crippen LogP contribution >= 0.6 is 11.6 Å². The van der Waals surface area contributed by atoms with Crippen LogP contribution in [0.25, 0.3) is 0 Å². The lowest BCUT2D eigenvalue weighted by atomic mass is 9.86. The van der Waals surface area contributed by atoms with Crippen LogP contribution in [-0.2, 0) is 0 Å². The van der Waals surface area contributed by atoms with Crippen LogP contribution in [0.5, 0.6) is 0 Å². The molecule has 4 N–H and O–H groups in total. The van der Waals surface area contributed by atoms with E-state index >= 15 is 0 Å². The zero-order valence-electron chi connectivity index (χ0n) is 17.9. The van der Waals surface area contributed by atoms with Crippen molar-refractivity contribution < 1.29 is 4.79 Å². The maximum absolute atomic E-state index is 11.8. The number of nitrogens with zero attached hydrogens (tertiary/aromatic N) is 3. The van der Waals surface area contributed by atoms with Crippen LogP contribution in [0.4, 0.5) is 22.4 Å². The second-order valence-electron chi connectivity index (χ2n) is 7.15. The maximum Gasteiger partial charge on any atom is 0.319 e. The summed E-state index contributed by atoms with van der Waals surface area (Å²) in [6.45, 7) is 7.65. The Morgan fingerprint density at radius 1 is 1.00 bits per heavy atom.